The lowest BCUT2D eigenvalue weighted by molar-refractivity contribution is -0.139. The molecule has 1 heterocycles. The standard InChI is InChI=1S/C24H21F3N2O4/c1-3-31-23(30)20-14(2)33-22(29)18(12-28)21(20)17-9-4-5-10-19(17)32-13-15-7-6-8-16(11-15)24(25,26)27/h4-11,21H,3,13,29H2,1-2H3. The Balaban J connectivity index is 2.00. The smallest absolute Gasteiger partial charge is 0.416 e. The Kier molecular flexibility index (Phi) is 6.97. The maximum Gasteiger partial charge on any atom is 0.416 e. The molecule has 0 radical (unpaired) electrons. The minimum absolute atomic E-state index is 0.00114. The van der Waals surface area contributed by atoms with Gasteiger partial charge in [0.05, 0.1) is 23.7 Å². The van der Waals surface area contributed by atoms with Crippen molar-refractivity contribution in [2.75, 3.05) is 6.61 Å². The Labute approximate surface area is 188 Å². The summed E-state index contributed by atoms with van der Waals surface area (Å²) in [6, 6.07) is 13.4. The number of hydrogen-bond acceptors (Lipinski definition) is 6. The summed E-state index contributed by atoms with van der Waals surface area (Å²) in [5, 5.41) is 9.72. The first-order valence-electron chi connectivity index (χ1n) is 10.0. The van der Waals surface area contributed by atoms with E-state index in [1.807, 2.05) is 6.07 Å². The van der Waals surface area contributed by atoms with Gasteiger partial charge in [0.25, 0.3) is 0 Å². The fraction of sp³-hybridized carbons (Fsp3) is 0.250. The van der Waals surface area contributed by atoms with Crippen molar-refractivity contribution >= 4 is 5.97 Å². The van der Waals surface area contributed by atoms with E-state index in [1.54, 1.807) is 31.2 Å². The van der Waals surface area contributed by atoms with Crippen LogP contribution in [0.1, 0.15) is 36.5 Å². The highest BCUT2D eigenvalue weighted by atomic mass is 19.4. The van der Waals surface area contributed by atoms with Crippen molar-refractivity contribution in [1.29, 1.82) is 5.26 Å². The molecule has 2 aromatic carbocycles. The van der Waals surface area contributed by atoms with Crippen LogP contribution in [0.5, 0.6) is 5.75 Å². The number of rotatable bonds is 6. The number of benzene rings is 2. The van der Waals surface area contributed by atoms with Gasteiger partial charge in [0, 0.05) is 5.56 Å². The number of alkyl halides is 3. The Morgan fingerprint density at radius 1 is 1.21 bits per heavy atom. The monoisotopic (exact) mass is 458 g/mol. The number of ether oxygens (including phenoxy) is 3. The van der Waals surface area contributed by atoms with Gasteiger partial charge >= 0.3 is 12.1 Å². The number of esters is 1. The van der Waals surface area contributed by atoms with Gasteiger partial charge in [-0.15, -0.1) is 0 Å². The Hall–Kier alpha value is -3.93. The van der Waals surface area contributed by atoms with E-state index >= 15 is 0 Å². The number of carbonyl (C=O) groups is 1. The third-order valence-corrected chi connectivity index (χ3v) is 4.98. The highest BCUT2D eigenvalue weighted by Crippen LogP contribution is 2.43. The van der Waals surface area contributed by atoms with Gasteiger partial charge in [0.2, 0.25) is 5.88 Å². The first-order valence-corrected chi connectivity index (χ1v) is 10.0. The predicted molar refractivity (Wildman–Crippen MR) is 112 cm³/mol. The van der Waals surface area contributed by atoms with Gasteiger partial charge in [0.15, 0.2) is 0 Å². The van der Waals surface area contributed by atoms with Crippen LogP contribution in [-0.2, 0) is 27.1 Å². The fourth-order valence-corrected chi connectivity index (χ4v) is 3.51. The summed E-state index contributed by atoms with van der Waals surface area (Å²) in [6.07, 6.45) is -4.48. The number of carbonyl (C=O) groups excluding carboxylic acids is 1. The Morgan fingerprint density at radius 2 is 1.94 bits per heavy atom. The SMILES string of the molecule is CCOC(=O)C1=C(C)OC(N)=C(C#N)C1c1ccccc1OCc1cccc(C(F)(F)F)c1. The van der Waals surface area contributed by atoms with Crippen LogP contribution in [0, 0.1) is 11.3 Å². The van der Waals surface area contributed by atoms with Gasteiger partial charge in [0.1, 0.15) is 29.8 Å². The van der Waals surface area contributed by atoms with E-state index in [0.29, 0.717) is 11.1 Å². The minimum Gasteiger partial charge on any atom is -0.489 e. The summed E-state index contributed by atoms with van der Waals surface area (Å²) in [4.78, 5) is 12.7. The molecule has 172 valence electrons. The third-order valence-electron chi connectivity index (χ3n) is 4.98. The molecule has 0 aromatic heterocycles. The largest absolute Gasteiger partial charge is 0.489 e. The van der Waals surface area contributed by atoms with Crippen LogP contribution in [-0.4, -0.2) is 12.6 Å². The molecule has 2 aromatic rings. The number of nitrogens with two attached hydrogens (primary N) is 1. The number of hydrogen-bond donors (Lipinski definition) is 1. The molecule has 0 saturated carbocycles. The van der Waals surface area contributed by atoms with E-state index in [9.17, 15) is 23.2 Å². The van der Waals surface area contributed by atoms with Gasteiger partial charge in [-0.05, 0) is 37.6 Å². The topological polar surface area (TPSA) is 94.6 Å². The van der Waals surface area contributed by atoms with E-state index in [4.69, 9.17) is 19.9 Å². The van der Waals surface area contributed by atoms with Crippen LogP contribution in [0.2, 0.25) is 0 Å². The molecule has 3 rings (SSSR count). The maximum atomic E-state index is 13.0. The number of nitriles is 1. The lowest BCUT2D eigenvalue weighted by Gasteiger charge is -2.28. The van der Waals surface area contributed by atoms with Crippen LogP contribution in [0.15, 0.2) is 71.3 Å². The molecule has 1 atom stereocenters. The molecule has 1 aliphatic rings. The summed E-state index contributed by atoms with van der Waals surface area (Å²) in [7, 11) is 0. The second-order valence-electron chi connectivity index (χ2n) is 7.14. The van der Waals surface area contributed by atoms with Gasteiger partial charge in [-0.1, -0.05) is 30.3 Å². The zero-order valence-electron chi connectivity index (χ0n) is 17.9. The summed E-state index contributed by atoms with van der Waals surface area (Å²) in [6.45, 7) is 3.13. The van der Waals surface area contributed by atoms with Gasteiger partial charge < -0.3 is 19.9 Å². The van der Waals surface area contributed by atoms with Gasteiger partial charge in [-0.2, -0.15) is 18.4 Å². The second-order valence-corrected chi connectivity index (χ2v) is 7.14. The van der Waals surface area contributed by atoms with Crippen molar-refractivity contribution in [3.63, 3.8) is 0 Å². The van der Waals surface area contributed by atoms with Crippen molar-refractivity contribution < 1.29 is 32.2 Å². The first kappa shape index (κ1) is 23.7. The summed E-state index contributed by atoms with van der Waals surface area (Å²) in [5.74, 6) is -1.30. The van der Waals surface area contributed by atoms with Crippen molar-refractivity contribution in [1.82, 2.24) is 0 Å². The minimum atomic E-state index is -4.48. The van der Waals surface area contributed by atoms with Gasteiger partial charge in [-0.3, -0.25) is 0 Å². The molecule has 1 aliphatic heterocycles. The van der Waals surface area contributed by atoms with E-state index in [1.165, 1.54) is 19.1 Å². The lowest BCUT2D eigenvalue weighted by atomic mass is 9.82. The summed E-state index contributed by atoms with van der Waals surface area (Å²) < 4.78 is 55.5. The van der Waals surface area contributed by atoms with Crippen LogP contribution >= 0.6 is 0 Å². The van der Waals surface area contributed by atoms with E-state index in [-0.39, 0.29) is 41.8 Å². The molecule has 0 saturated heterocycles. The second kappa shape index (κ2) is 9.69. The van der Waals surface area contributed by atoms with Gasteiger partial charge in [-0.25, -0.2) is 4.79 Å². The summed E-state index contributed by atoms with van der Waals surface area (Å²) >= 11 is 0. The number of para-hydroxylation sites is 1. The Bertz CT molecular complexity index is 1160. The van der Waals surface area contributed by atoms with Crippen molar-refractivity contribution in [2.45, 2.75) is 32.5 Å². The molecule has 33 heavy (non-hydrogen) atoms. The highest BCUT2D eigenvalue weighted by molar-refractivity contribution is 5.92. The molecule has 0 spiro atoms. The molecule has 0 fully saturated rings. The third kappa shape index (κ3) is 5.12. The maximum absolute atomic E-state index is 13.0. The van der Waals surface area contributed by atoms with Crippen LogP contribution < -0.4 is 10.5 Å². The van der Waals surface area contributed by atoms with Crippen molar-refractivity contribution in [3.8, 4) is 11.8 Å². The Morgan fingerprint density at radius 3 is 2.61 bits per heavy atom. The zero-order chi connectivity index (χ0) is 24.2. The van der Waals surface area contributed by atoms with E-state index < -0.39 is 23.6 Å². The first-order chi connectivity index (χ1) is 15.7. The van der Waals surface area contributed by atoms with Crippen LogP contribution in [0.3, 0.4) is 0 Å². The average molecular weight is 458 g/mol. The molecular formula is C24H21F3N2O4. The number of halogens is 3. The van der Waals surface area contributed by atoms with Crippen LogP contribution in [0.25, 0.3) is 0 Å². The van der Waals surface area contributed by atoms with Crippen LogP contribution in [0.4, 0.5) is 13.2 Å². The van der Waals surface area contributed by atoms with Crippen molar-refractivity contribution in [3.05, 3.63) is 88.0 Å². The van der Waals surface area contributed by atoms with E-state index in [2.05, 4.69) is 0 Å². The molecular weight excluding hydrogens is 437 g/mol. The molecule has 6 nitrogen and oxygen atoms in total. The molecule has 9 heteroatoms. The lowest BCUT2D eigenvalue weighted by Crippen LogP contribution is -2.26. The highest BCUT2D eigenvalue weighted by Gasteiger charge is 2.38. The summed E-state index contributed by atoms with van der Waals surface area (Å²) in [5.41, 5.74) is 5.96. The molecule has 1 unspecified atom stereocenters. The zero-order valence-corrected chi connectivity index (χ0v) is 17.9. The van der Waals surface area contributed by atoms with E-state index in [0.717, 1.165) is 12.1 Å². The quantitative estimate of drug-likeness (QED) is 0.617. The molecule has 0 amide bonds. The fourth-order valence-electron chi connectivity index (χ4n) is 3.51. The molecule has 0 aliphatic carbocycles. The predicted octanol–water partition coefficient (Wildman–Crippen LogP) is 4.93. The van der Waals surface area contributed by atoms with Crippen molar-refractivity contribution in [2.24, 2.45) is 5.73 Å². The average Bonchev–Trinajstić information content (AvgIpc) is 2.77. The number of nitrogens with zero attached hydrogens (tertiary/aromatic N) is 1. The number of allylic oxidation sites excluding steroid dienone is 2. The normalized spacial score (nSPS) is 16.2. The molecule has 0 bridgehead atoms. The molecule has 2 N–H and O–H groups in total.